The summed E-state index contributed by atoms with van der Waals surface area (Å²) in [5.74, 6) is -0.451. The number of thioether (sulfide) groups is 1. The van der Waals surface area contributed by atoms with E-state index in [1.807, 2.05) is 17.5 Å². The number of ether oxygens (including phenoxy) is 1. The van der Waals surface area contributed by atoms with Crippen molar-refractivity contribution in [2.75, 3.05) is 32.0 Å². The number of nitrogens with two attached hydrogens (primary N) is 1. The van der Waals surface area contributed by atoms with E-state index >= 15 is 0 Å². The maximum Gasteiger partial charge on any atom is 0.266 e. The molecule has 2 amide bonds. The number of nitrogens with one attached hydrogen (secondary N) is 1. The molecule has 0 aliphatic carbocycles. The number of thiazole rings is 1. The Morgan fingerprint density at radius 2 is 2.18 bits per heavy atom. The van der Waals surface area contributed by atoms with E-state index in [1.54, 1.807) is 6.07 Å². The molecular formula is C21H23Cl2N5O4S2. The van der Waals surface area contributed by atoms with Crippen LogP contribution in [0, 0.1) is 0 Å². The number of primary amides is 1. The molecule has 1 aromatic heterocycles. The van der Waals surface area contributed by atoms with Crippen LogP contribution in [-0.4, -0.2) is 65.5 Å². The van der Waals surface area contributed by atoms with E-state index in [9.17, 15) is 9.59 Å². The average Bonchev–Trinajstić information content (AvgIpc) is 3.49. The van der Waals surface area contributed by atoms with E-state index in [4.69, 9.17) is 38.5 Å². The van der Waals surface area contributed by atoms with E-state index in [0.717, 1.165) is 23.0 Å². The molecule has 2 atom stereocenters. The lowest BCUT2D eigenvalue weighted by Crippen LogP contribution is -2.47. The second-order valence-electron chi connectivity index (χ2n) is 7.81. The van der Waals surface area contributed by atoms with Crippen LogP contribution >= 0.6 is 46.3 Å². The summed E-state index contributed by atoms with van der Waals surface area (Å²) in [6.45, 7) is 3.29. The lowest BCUT2D eigenvalue weighted by molar-refractivity contribution is -0.119. The van der Waals surface area contributed by atoms with Crippen molar-refractivity contribution in [3.8, 4) is 0 Å². The van der Waals surface area contributed by atoms with Gasteiger partial charge in [0.2, 0.25) is 5.91 Å². The molecular weight excluding hydrogens is 521 g/mol. The van der Waals surface area contributed by atoms with Gasteiger partial charge in [-0.2, -0.15) is 0 Å². The molecule has 3 N–H and O–H groups in total. The lowest BCUT2D eigenvalue weighted by Gasteiger charge is -2.33. The number of amides is 2. The van der Waals surface area contributed by atoms with Gasteiger partial charge in [-0.25, -0.2) is 4.98 Å². The number of morpholine rings is 1. The minimum Gasteiger partial charge on any atom is -0.385 e. The largest absolute Gasteiger partial charge is 0.385 e. The molecule has 1 unspecified atom stereocenters. The van der Waals surface area contributed by atoms with E-state index in [0.29, 0.717) is 41.9 Å². The van der Waals surface area contributed by atoms with Crippen LogP contribution in [0.2, 0.25) is 10.0 Å². The fraction of sp³-hybridized carbons (Fsp3) is 0.429. The highest BCUT2D eigenvalue weighted by Crippen LogP contribution is 2.31. The minimum absolute atomic E-state index is 0.0871. The number of benzene rings is 1. The molecule has 0 saturated carbocycles. The summed E-state index contributed by atoms with van der Waals surface area (Å²) >= 11 is 14.9. The van der Waals surface area contributed by atoms with E-state index in [1.165, 1.54) is 23.1 Å². The van der Waals surface area contributed by atoms with Crippen molar-refractivity contribution in [1.82, 2.24) is 15.2 Å². The van der Waals surface area contributed by atoms with Crippen molar-refractivity contribution >= 4 is 63.8 Å². The molecule has 34 heavy (non-hydrogen) atoms. The number of rotatable bonds is 9. The summed E-state index contributed by atoms with van der Waals surface area (Å²) in [5.41, 5.74) is 7.18. The third-order valence-corrected chi connectivity index (χ3v) is 8.03. The van der Waals surface area contributed by atoms with Gasteiger partial charge in [0.25, 0.3) is 5.91 Å². The maximum atomic E-state index is 12.3. The number of carbonyl (C=O) groups excluding carboxylic acids is 2. The highest BCUT2D eigenvalue weighted by atomic mass is 35.5. The van der Waals surface area contributed by atoms with Crippen LogP contribution in [0.3, 0.4) is 0 Å². The smallest absolute Gasteiger partial charge is 0.266 e. The Hall–Kier alpha value is -1.89. The van der Waals surface area contributed by atoms with Crippen LogP contribution in [0.4, 0.5) is 0 Å². The van der Waals surface area contributed by atoms with E-state index in [-0.39, 0.29) is 23.5 Å². The van der Waals surface area contributed by atoms with Crippen LogP contribution in [-0.2, 0) is 25.7 Å². The number of oxime groups is 1. The van der Waals surface area contributed by atoms with Gasteiger partial charge in [0, 0.05) is 38.0 Å². The monoisotopic (exact) mass is 543 g/mol. The topological polar surface area (TPSA) is 119 Å². The maximum absolute atomic E-state index is 12.3. The molecule has 9 nitrogen and oxygen atoms in total. The Morgan fingerprint density at radius 3 is 2.94 bits per heavy atom. The van der Waals surface area contributed by atoms with Crippen molar-refractivity contribution in [3.05, 3.63) is 44.9 Å². The van der Waals surface area contributed by atoms with Crippen LogP contribution in [0.5, 0.6) is 0 Å². The zero-order valence-corrected chi connectivity index (χ0v) is 21.2. The first-order valence-corrected chi connectivity index (χ1v) is 13.1. The van der Waals surface area contributed by atoms with E-state index < -0.39 is 12.0 Å². The number of nitrogens with zero attached hydrogens (tertiary/aromatic N) is 3. The first-order valence-electron chi connectivity index (χ1n) is 10.5. The van der Waals surface area contributed by atoms with Crippen LogP contribution in [0.25, 0.3) is 0 Å². The summed E-state index contributed by atoms with van der Waals surface area (Å²) in [5, 5.41) is 9.54. The molecule has 182 valence electrons. The van der Waals surface area contributed by atoms with Crippen molar-refractivity contribution < 1.29 is 19.2 Å². The van der Waals surface area contributed by atoms with Crippen LogP contribution in [0.1, 0.15) is 23.8 Å². The van der Waals surface area contributed by atoms with Gasteiger partial charge in [-0.15, -0.1) is 11.3 Å². The zero-order valence-electron chi connectivity index (χ0n) is 18.0. The number of carbonyl (C=O) groups is 2. The summed E-state index contributed by atoms with van der Waals surface area (Å²) in [6, 6.07) is 5.64. The predicted molar refractivity (Wildman–Crippen MR) is 132 cm³/mol. The molecule has 0 radical (unpaired) electrons. The predicted octanol–water partition coefficient (Wildman–Crippen LogP) is 2.86. The third-order valence-electron chi connectivity index (χ3n) is 5.25. The molecule has 2 aromatic rings. The SMILES string of the molecule is NC(=O)C1=NOC(c2csc(SCC(=O)NC[C@H]3CN(Cc4ccc(Cl)c(Cl)c4)CCO3)n2)C1. The van der Waals surface area contributed by atoms with Gasteiger partial charge >= 0.3 is 0 Å². The van der Waals surface area contributed by atoms with E-state index in [2.05, 4.69) is 20.4 Å². The standard InChI is InChI=1S/C21H23Cl2N5O4S2/c22-14-2-1-12(5-15(14)23)8-28-3-4-31-13(9-28)7-25-19(29)11-34-21-26-17(10-33-21)18-6-16(20(24)30)27-32-18/h1-2,5,10,13,18H,3-4,6-9,11H2,(H2,24,30)(H,25,29)/t13-,18?/m0/s1. The van der Waals surface area contributed by atoms with Gasteiger partial charge in [0.1, 0.15) is 5.71 Å². The highest BCUT2D eigenvalue weighted by molar-refractivity contribution is 8.01. The van der Waals surface area contributed by atoms with Gasteiger partial charge in [-0.1, -0.05) is 46.2 Å². The van der Waals surface area contributed by atoms with Crippen LogP contribution < -0.4 is 11.1 Å². The molecule has 4 rings (SSSR count). The molecule has 13 heteroatoms. The Labute approximate surface area is 214 Å². The zero-order chi connectivity index (χ0) is 24.1. The average molecular weight is 544 g/mol. The van der Waals surface area contributed by atoms with Gasteiger partial charge in [-0.05, 0) is 17.7 Å². The summed E-state index contributed by atoms with van der Waals surface area (Å²) in [4.78, 5) is 35.5. The molecule has 3 heterocycles. The molecule has 1 fully saturated rings. The lowest BCUT2D eigenvalue weighted by atomic mass is 10.1. The number of halogens is 2. The highest BCUT2D eigenvalue weighted by Gasteiger charge is 2.28. The molecule has 2 aliphatic rings. The fourth-order valence-electron chi connectivity index (χ4n) is 3.51. The Kier molecular flexibility index (Phi) is 8.67. The first-order chi connectivity index (χ1) is 16.4. The Bertz CT molecular complexity index is 1080. The van der Waals surface area contributed by atoms with Crippen molar-refractivity contribution in [2.45, 2.75) is 29.5 Å². The number of aromatic nitrogens is 1. The van der Waals surface area contributed by atoms with Crippen molar-refractivity contribution in [3.63, 3.8) is 0 Å². The summed E-state index contributed by atoms with van der Waals surface area (Å²) in [7, 11) is 0. The summed E-state index contributed by atoms with van der Waals surface area (Å²) < 4.78 is 6.55. The second-order valence-corrected chi connectivity index (χ2v) is 10.7. The molecule has 1 aromatic carbocycles. The Morgan fingerprint density at radius 1 is 1.32 bits per heavy atom. The molecule has 2 aliphatic heterocycles. The molecule has 0 bridgehead atoms. The molecule has 0 spiro atoms. The van der Waals surface area contributed by atoms with Gasteiger partial charge < -0.3 is 20.6 Å². The Balaban J connectivity index is 1.17. The summed E-state index contributed by atoms with van der Waals surface area (Å²) in [6.07, 6.45) is -0.208. The minimum atomic E-state index is -0.594. The normalized spacial score (nSPS) is 20.6. The third kappa shape index (κ3) is 6.83. The van der Waals surface area contributed by atoms with Crippen molar-refractivity contribution in [1.29, 1.82) is 0 Å². The van der Waals surface area contributed by atoms with Gasteiger partial charge in [0.15, 0.2) is 10.4 Å². The fourth-order valence-corrected chi connectivity index (χ4v) is 5.54. The van der Waals surface area contributed by atoms with Gasteiger partial charge in [-0.3, -0.25) is 14.5 Å². The second kappa shape index (κ2) is 11.7. The number of hydrogen-bond acceptors (Lipinski definition) is 9. The molecule has 1 saturated heterocycles. The first kappa shape index (κ1) is 25.2. The quantitative estimate of drug-likeness (QED) is 0.466. The van der Waals surface area contributed by atoms with Crippen LogP contribution in [0.15, 0.2) is 33.1 Å². The van der Waals surface area contributed by atoms with Gasteiger partial charge in [0.05, 0.1) is 34.2 Å². The van der Waals surface area contributed by atoms with Crippen molar-refractivity contribution in [2.24, 2.45) is 10.9 Å². The number of hydrogen-bond donors (Lipinski definition) is 2.